The lowest BCUT2D eigenvalue weighted by Gasteiger charge is -2.17. The van der Waals surface area contributed by atoms with Crippen LogP contribution in [0.15, 0.2) is 137 Å². The van der Waals surface area contributed by atoms with Crippen LogP contribution < -0.4 is 16.0 Å². The quantitative estimate of drug-likeness (QED) is 0.0773. The van der Waals surface area contributed by atoms with Crippen molar-refractivity contribution >= 4 is 80.9 Å². The summed E-state index contributed by atoms with van der Waals surface area (Å²) in [5, 5.41) is 12.0. The van der Waals surface area contributed by atoms with Crippen LogP contribution in [0, 0.1) is 3.57 Å². The molecule has 0 aliphatic heterocycles. The van der Waals surface area contributed by atoms with E-state index in [0.29, 0.717) is 11.3 Å². The first-order valence-electron chi connectivity index (χ1n) is 13.2. The van der Waals surface area contributed by atoms with Crippen molar-refractivity contribution < 1.29 is 14.4 Å². The Kier molecular flexibility index (Phi) is 10.4. The third kappa shape index (κ3) is 8.66. The molecule has 1 aromatic heterocycles. The normalized spacial score (nSPS) is 11.8. The van der Waals surface area contributed by atoms with Crippen LogP contribution in [0.2, 0.25) is 0 Å². The van der Waals surface area contributed by atoms with Crippen LogP contribution in [-0.4, -0.2) is 17.7 Å². The predicted octanol–water partition coefficient (Wildman–Crippen LogP) is 8.23. The van der Waals surface area contributed by atoms with E-state index in [1.165, 1.54) is 23.1 Å². The first-order chi connectivity index (χ1) is 20.9. The lowest BCUT2D eigenvalue weighted by molar-refractivity contribution is -0.116. The molecule has 0 radical (unpaired) electrons. The zero-order valence-corrected chi connectivity index (χ0v) is 26.5. The second-order valence-electron chi connectivity index (χ2n) is 9.32. The molecule has 0 aliphatic rings. The van der Waals surface area contributed by atoms with Gasteiger partial charge in [0.1, 0.15) is 10.9 Å². The van der Waals surface area contributed by atoms with Gasteiger partial charge in [0, 0.05) is 25.4 Å². The highest BCUT2D eigenvalue weighted by molar-refractivity contribution is 14.1. The molecule has 5 aromatic rings. The number of carbonyl (C=O) groups is 3. The summed E-state index contributed by atoms with van der Waals surface area (Å²) in [6, 6.07) is 35.2. The zero-order chi connectivity index (χ0) is 30.0. The number of carbonyl (C=O) groups excluding carboxylic acids is 3. The van der Waals surface area contributed by atoms with Crippen LogP contribution in [0.4, 0.5) is 11.4 Å². The number of anilines is 2. The molecule has 4 aromatic carbocycles. The van der Waals surface area contributed by atoms with Gasteiger partial charge >= 0.3 is 0 Å². The van der Waals surface area contributed by atoms with Gasteiger partial charge in [-0.05, 0) is 117 Å². The van der Waals surface area contributed by atoms with Crippen LogP contribution in [-0.2, 0) is 9.59 Å². The third-order valence-electron chi connectivity index (χ3n) is 6.20. The Bertz CT molecular complexity index is 1710. The first kappa shape index (κ1) is 30.3. The van der Waals surface area contributed by atoms with Gasteiger partial charge in [0.2, 0.25) is 5.91 Å². The van der Waals surface area contributed by atoms with E-state index >= 15 is 0 Å². The molecule has 1 atom stereocenters. The number of thiophene rings is 1. The molecular weight excluding hydrogens is 689 g/mol. The van der Waals surface area contributed by atoms with Gasteiger partial charge in [0.05, 0.1) is 0 Å². The van der Waals surface area contributed by atoms with Crippen LogP contribution in [0.1, 0.15) is 26.7 Å². The predicted molar refractivity (Wildman–Crippen MR) is 184 cm³/mol. The minimum Gasteiger partial charge on any atom is -0.325 e. The Hall–Kier alpha value is -4.19. The summed E-state index contributed by atoms with van der Waals surface area (Å²) in [5.74, 6) is -0.957. The summed E-state index contributed by atoms with van der Waals surface area (Å²) >= 11 is 5.15. The number of benzene rings is 4. The Morgan fingerprint density at radius 1 is 0.744 bits per heavy atom. The molecule has 43 heavy (non-hydrogen) atoms. The van der Waals surface area contributed by atoms with E-state index in [1.54, 1.807) is 42.5 Å². The Morgan fingerprint density at radius 2 is 1.37 bits per heavy atom. The molecule has 1 heterocycles. The lowest BCUT2D eigenvalue weighted by atomic mass is 10.1. The highest BCUT2D eigenvalue weighted by Crippen LogP contribution is 2.36. The summed E-state index contributed by atoms with van der Waals surface area (Å²) in [4.78, 5) is 40.4. The Labute approximate surface area is 271 Å². The van der Waals surface area contributed by atoms with Crippen LogP contribution in [0.3, 0.4) is 0 Å². The third-order valence-corrected chi connectivity index (χ3v) is 8.89. The second-order valence-corrected chi connectivity index (χ2v) is 12.5. The number of hydrogen-bond donors (Lipinski definition) is 3. The maximum absolute atomic E-state index is 13.4. The average Bonchev–Trinajstić information content (AvgIpc) is 3.55. The molecule has 0 bridgehead atoms. The molecule has 0 fully saturated rings. The fraction of sp³-hybridized carbons (Fsp3) is 0.0294. The molecule has 0 saturated carbocycles. The van der Waals surface area contributed by atoms with Gasteiger partial charge in [-0.25, -0.2) is 0 Å². The monoisotopic (exact) mass is 715 g/mol. The largest absolute Gasteiger partial charge is 0.325 e. The van der Waals surface area contributed by atoms with Gasteiger partial charge in [-0.2, -0.15) is 11.3 Å². The molecular formula is C34H26IN3O3S2. The standard InChI is InChI=1S/C34H26IN3O3S2/c35-26-11-13-27(14-12-26)37-34(41)31(24-7-3-1-4-8-24)43-29-17-15-28(16-18-29)36-33(40)30(21-23-19-20-42-22-23)38-32(39)25-9-5-2-6-10-25/h1-22,31H,(H,36,40)(H,37,41)(H,38,39)/b30-21-. The highest BCUT2D eigenvalue weighted by atomic mass is 127. The molecule has 3 amide bonds. The van der Waals surface area contributed by atoms with E-state index in [9.17, 15) is 14.4 Å². The van der Waals surface area contributed by atoms with Crippen molar-refractivity contribution in [3.8, 4) is 0 Å². The van der Waals surface area contributed by atoms with Crippen LogP contribution in [0.25, 0.3) is 6.08 Å². The van der Waals surface area contributed by atoms with Gasteiger partial charge < -0.3 is 16.0 Å². The number of halogens is 1. The van der Waals surface area contributed by atoms with Gasteiger partial charge in [-0.15, -0.1) is 11.8 Å². The fourth-order valence-corrected chi connectivity index (χ4v) is 6.06. The molecule has 0 spiro atoms. The van der Waals surface area contributed by atoms with Crippen molar-refractivity contribution in [2.45, 2.75) is 10.1 Å². The van der Waals surface area contributed by atoms with Crippen molar-refractivity contribution in [1.29, 1.82) is 0 Å². The zero-order valence-electron chi connectivity index (χ0n) is 22.7. The summed E-state index contributed by atoms with van der Waals surface area (Å²) in [6.07, 6.45) is 1.65. The first-order valence-corrected chi connectivity index (χ1v) is 16.1. The number of hydrogen-bond acceptors (Lipinski definition) is 5. The van der Waals surface area contributed by atoms with Crippen LogP contribution in [0.5, 0.6) is 0 Å². The van der Waals surface area contributed by atoms with Crippen molar-refractivity contribution in [3.63, 3.8) is 0 Å². The van der Waals surface area contributed by atoms with E-state index in [-0.39, 0.29) is 17.5 Å². The van der Waals surface area contributed by atoms with Crippen LogP contribution >= 0.6 is 45.7 Å². The summed E-state index contributed by atoms with van der Waals surface area (Å²) in [6.45, 7) is 0. The van der Waals surface area contributed by atoms with Gasteiger partial charge in [0.15, 0.2) is 0 Å². The molecule has 3 N–H and O–H groups in total. The molecule has 5 rings (SSSR count). The molecule has 9 heteroatoms. The van der Waals surface area contributed by atoms with E-state index in [2.05, 4.69) is 38.5 Å². The van der Waals surface area contributed by atoms with E-state index in [1.807, 2.05) is 89.6 Å². The highest BCUT2D eigenvalue weighted by Gasteiger charge is 2.22. The minimum atomic E-state index is -0.491. The molecule has 6 nitrogen and oxygen atoms in total. The van der Waals surface area contributed by atoms with E-state index in [0.717, 1.165) is 25.3 Å². The van der Waals surface area contributed by atoms with Crippen molar-refractivity contribution in [2.75, 3.05) is 10.6 Å². The molecule has 0 saturated heterocycles. The van der Waals surface area contributed by atoms with Crippen molar-refractivity contribution in [1.82, 2.24) is 5.32 Å². The number of rotatable bonds is 10. The molecule has 1 unspecified atom stereocenters. The number of amides is 3. The minimum absolute atomic E-state index is 0.127. The summed E-state index contributed by atoms with van der Waals surface area (Å²) < 4.78 is 1.09. The summed E-state index contributed by atoms with van der Waals surface area (Å²) in [5.41, 5.74) is 3.56. The van der Waals surface area contributed by atoms with E-state index in [4.69, 9.17) is 0 Å². The second kappa shape index (κ2) is 14.8. The Morgan fingerprint density at radius 3 is 2.02 bits per heavy atom. The van der Waals surface area contributed by atoms with Crippen molar-refractivity contribution in [3.05, 3.63) is 152 Å². The maximum Gasteiger partial charge on any atom is 0.272 e. The number of thioether (sulfide) groups is 1. The average molecular weight is 716 g/mol. The summed E-state index contributed by atoms with van der Waals surface area (Å²) in [7, 11) is 0. The van der Waals surface area contributed by atoms with Gasteiger partial charge in [-0.3, -0.25) is 14.4 Å². The smallest absolute Gasteiger partial charge is 0.272 e. The fourth-order valence-electron chi connectivity index (χ4n) is 4.06. The van der Waals surface area contributed by atoms with Crippen molar-refractivity contribution in [2.24, 2.45) is 0 Å². The molecule has 0 aliphatic carbocycles. The molecule has 214 valence electrons. The number of nitrogens with one attached hydrogen (secondary N) is 3. The topological polar surface area (TPSA) is 87.3 Å². The van der Waals surface area contributed by atoms with E-state index < -0.39 is 11.2 Å². The van der Waals surface area contributed by atoms with Gasteiger partial charge in [0.25, 0.3) is 11.8 Å². The Balaban J connectivity index is 1.30. The van der Waals surface area contributed by atoms with Gasteiger partial charge in [-0.1, -0.05) is 48.5 Å². The lowest BCUT2D eigenvalue weighted by Crippen LogP contribution is -2.30. The maximum atomic E-state index is 13.4. The SMILES string of the molecule is O=C(Nc1ccc(SC(C(=O)Nc2ccc(I)cc2)c2ccccc2)cc1)/C(=C/c1ccsc1)NC(=O)c1ccccc1.